The minimum Gasteiger partial charge on any atom is -0.388 e. The Bertz CT molecular complexity index is 535. The molecule has 3 rings (SSSR count). The van der Waals surface area contributed by atoms with Gasteiger partial charge in [0.2, 0.25) is 5.91 Å². The van der Waals surface area contributed by atoms with E-state index in [1.807, 2.05) is 11.5 Å². The molecule has 23 heavy (non-hydrogen) atoms. The molecule has 2 heterocycles. The summed E-state index contributed by atoms with van der Waals surface area (Å²) in [6.45, 7) is 6.19. The van der Waals surface area contributed by atoms with Crippen LogP contribution in [0.4, 0.5) is 0 Å². The van der Waals surface area contributed by atoms with Crippen LogP contribution in [0.2, 0.25) is 0 Å². The molecule has 2 fully saturated rings. The van der Waals surface area contributed by atoms with Gasteiger partial charge in [-0.3, -0.25) is 9.69 Å². The van der Waals surface area contributed by atoms with Gasteiger partial charge in [-0.05, 0) is 19.8 Å². The molecule has 1 saturated carbocycles. The summed E-state index contributed by atoms with van der Waals surface area (Å²) in [5.41, 5.74) is 0. The molecule has 128 valence electrons. The van der Waals surface area contributed by atoms with Crippen molar-refractivity contribution < 1.29 is 14.6 Å². The highest BCUT2D eigenvalue weighted by molar-refractivity contribution is 5.78. The highest BCUT2D eigenvalue weighted by Gasteiger charge is 2.35. The van der Waals surface area contributed by atoms with Crippen molar-refractivity contribution in [3.63, 3.8) is 0 Å². The van der Waals surface area contributed by atoms with Gasteiger partial charge in [0.25, 0.3) is 0 Å². The standard InChI is InChI=1S/C15H25N5O3/c1-2-20-13(10-21)17-18-15(20)11-7-12(8-11)16-14(22)9-19-3-5-23-6-4-19/h11-12,21H,2-10H2,1H3,(H,16,22). The maximum atomic E-state index is 12.1. The summed E-state index contributed by atoms with van der Waals surface area (Å²) in [4.78, 5) is 14.2. The van der Waals surface area contributed by atoms with E-state index in [4.69, 9.17) is 4.74 Å². The molecule has 2 N–H and O–H groups in total. The van der Waals surface area contributed by atoms with Crippen LogP contribution < -0.4 is 5.32 Å². The third kappa shape index (κ3) is 3.70. The largest absolute Gasteiger partial charge is 0.388 e. The van der Waals surface area contributed by atoms with Crippen LogP contribution in [0.25, 0.3) is 0 Å². The normalized spacial score (nSPS) is 25.1. The Kier molecular flexibility index (Phi) is 5.24. The SMILES string of the molecule is CCn1c(CO)nnc1C1CC(NC(=O)CN2CCOCC2)C1. The van der Waals surface area contributed by atoms with Crippen molar-refractivity contribution in [2.45, 2.75) is 44.9 Å². The van der Waals surface area contributed by atoms with Crippen molar-refractivity contribution >= 4 is 5.91 Å². The van der Waals surface area contributed by atoms with Crippen LogP contribution in [0.15, 0.2) is 0 Å². The first-order valence-corrected chi connectivity index (χ1v) is 8.33. The fourth-order valence-corrected chi connectivity index (χ4v) is 3.29. The van der Waals surface area contributed by atoms with E-state index in [0.717, 1.165) is 38.3 Å². The van der Waals surface area contributed by atoms with E-state index < -0.39 is 0 Å². The number of nitrogens with zero attached hydrogens (tertiary/aromatic N) is 4. The van der Waals surface area contributed by atoms with Gasteiger partial charge in [0.1, 0.15) is 12.4 Å². The Hall–Kier alpha value is -1.51. The lowest BCUT2D eigenvalue weighted by Gasteiger charge is -2.36. The number of nitrogens with one attached hydrogen (secondary N) is 1. The number of ether oxygens (including phenoxy) is 1. The summed E-state index contributed by atoms with van der Waals surface area (Å²) < 4.78 is 7.25. The number of aromatic nitrogens is 3. The summed E-state index contributed by atoms with van der Waals surface area (Å²) in [5.74, 6) is 1.94. The molecule has 0 radical (unpaired) electrons. The van der Waals surface area contributed by atoms with E-state index in [0.29, 0.717) is 31.5 Å². The molecule has 1 aliphatic heterocycles. The molecule has 8 heteroatoms. The number of aliphatic hydroxyl groups is 1. The van der Waals surface area contributed by atoms with E-state index in [-0.39, 0.29) is 18.6 Å². The van der Waals surface area contributed by atoms with Crippen molar-refractivity contribution in [1.29, 1.82) is 0 Å². The molecule has 1 aliphatic carbocycles. The molecule has 1 amide bonds. The molecule has 1 aromatic heterocycles. The van der Waals surface area contributed by atoms with Crippen molar-refractivity contribution in [1.82, 2.24) is 25.0 Å². The highest BCUT2D eigenvalue weighted by atomic mass is 16.5. The predicted octanol–water partition coefficient (Wildman–Crippen LogP) is -0.515. The zero-order valence-electron chi connectivity index (χ0n) is 13.6. The van der Waals surface area contributed by atoms with Gasteiger partial charge < -0.3 is 19.7 Å². The van der Waals surface area contributed by atoms with Gasteiger partial charge in [-0.1, -0.05) is 0 Å². The lowest BCUT2D eigenvalue weighted by Crippen LogP contribution is -2.49. The average Bonchev–Trinajstić information content (AvgIpc) is 2.93. The lowest BCUT2D eigenvalue weighted by atomic mass is 9.79. The van der Waals surface area contributed by atoms with E-state index in [2.05, 4.69) is 20.4 Å². The summed E-state index contributed by atoms with van der Waals surface area (Å²) in [5, 5.41) is 20.6. The van der Waals surface area contributed by atoms with Crippen molar-refractivity contribution in [2.24, 2.45) is 0 Å². The van der Waals surface area contributed by atoms with Gasteiger partial charge in [-0.15, -0.1) is 10.2 Å². The van der Waals surface area contributed by atoms with E-state index in [9.17, 15) is 9.90 Å². The highest BCUT2D eigenvalue weighted by Crippen LogP contribution is 2.36. The van der Waals surface area contributed by atoms with Crippen LogP contribution in [0.5, 0.6) is 0 Å². The number of rotatable bonds is 6. The lowest BCUT2D eigenvalue weighted by molar-refractivity contribution is -0.124. The second-order valence-corrected chi connectivity index (χ2v) is 6.20. The summed E-state index contributed by atoms with van der Waals surface area (Å²) in [6, 6.07) is 0.216. The second-order valence-electron chi connectivity index (χ2n) is 6.20. The van der Waals surface area contributed by atoms with Gasteiger partial charge in [0.15, 0.2) is 5.82 Å². The molecule has 0 unspecified atom stereocenters. The predicted molar refractivity (Wildman–Crippen MR) is 82.8 cm³/mol. The Morgan fingerprint density at radius 2 is 2.09 bits per heavy atom. The Labute approximate surface area is 135 Å². The fraction of sp³-hybridized carbons (Fsp3) is 0.800. The number of hydrogen-bond donors (Lipinski definition) is 2. The molecule has 2 aliphatic rings. The molecule has 0 atom stereocenters. The van der Waals surface area contributed by atoms with E-state index in [1.165, 1.54) is 0 Å². The Morgan fingerprint density at radius 1 is 1.35 bits per heavy atom. The number of morpholine rings is 1. The molecule has 0 spiro atoms. The van der Waals surface area contributed by atoms with Gasteiger partial charge >= 0.3 is 0 Å². The average molecular weight is 323 g/mol. The van der Waals surface area contributed by atoms with Crippen LogP contribution in [0.1, 0.15) is 37.3 Å². The number of amides is 1. The Balaban J connectivity index is 1.45. The molecule has 1 saturated heterocycles. The van der Waals surface area contributed by atoms with Crippen LogP contribution in [-0.2, 0) is 22.7 Å². The van der Waals surface area contributed by atoms with E-state index in [1.54, 1.807) is 0 Å². The Morgan fingerprint density at radius 3 is 2.74 bits per heavy atom. The maximum absolute atomic E-state index is 12.1. The summed E-state index contributed by atoms with van der Waals surface area (Å²) in [6.07, 6.45) is 1.77. The van der Waals surface area contributed by atoms with E-state index >= 15 is 0 Å². The number of aliphatic hydroxyl groups excluding tert-OH is 1. The van der Waals surface area contributed by atoms with Gasteiger partial charge in [0.05, 0.1) is 19.8 Å². The minimum absolute atomic E-state index is 0.0864. The van der Waals surface area contributed by atoms with Crippen LogP contribution in [0.3, 0.4) is 0 Å². The van der Waals surface area contributed by atoms with Crippen LogP contribution in [0, 0.1) is 0 Å². The van der Waals surface area contributed by atoms with Crippen molar-refractivity contribution in [2.75, 3.05) is 32.8 Å². The third-order valence-electron chi connectivity index (χ3n) is 4.65. The quantitative estimate of drug-likeness (QED) is 0.732. The third-order valence-corrected chi connectivity index (χ3v) is 4.65. The molecule has 0 bridgehead atoms. The second kappa shape index (κ2) is 7.37. The molecule has 8 nitrogen and oxygen atoms in total. The fourth-order valence-electron chi connectivity index (χ4n) is 3.29. The summed E-state index contributed by atoms with van der Waals surface area (Å²) in [7, 11) is 0. The smallest absolute Gasteiger partial charge is 0.234 e. The number of hydrogen-bond acceptors (Lipinski definition) is 6. The van der Waals surface area contributed by atoms with Crippen LogP contribution >= 0.6 is 0 Å². The van der Waals surface area contributed by atoms with Crippen molar-refractivity contribution in [3.05, 3.63) is 11.6 Å². The van der Waals surface area contributed by atoms with Gasteiger partial charge in [-0.25, -0.2) is 0 Å². The van der Waals surface area contributed by atoms with Gasteiger partial charge in [0, 0.05) is 31.6 Å². The first-order chi connectivity index (χ1) is 11.2. The number of carbonyl (C=O) groups is 1. The van der Waals surface area contributed by atoms with Gasteiger partial charge in [-0.2, -0.15) is 0 Å². The molecule has 0 aromatic carbocycles. The zero-order chi connectivity index (χ0) is 16.2. The maximum Gasteiger partial charge on any atom is 0.234 e. The molecule has 1 aromatic rings. The molecular weight excluding hydrogens is 298 g/mol. The topological polar surface area (TPSA) is 92.5 Å². The molecular formula is C15H25N5O3. The first-order valence-electron chi connectivity index (χ1n) is 8.33. The summed E-state index contributed by atoms with van der Waals surface area (Å²) >= 11 is 0. The number of carbonyl (C=O) groups excluding carboxylic acids is 1. The van der Waals surface area contributed by atoms with Crippen molar-refractivity contribution in [3.8, 4) is 0 Å². The zero-order valence-corrected chi connectivity index (χ0v) is 13.6. The first kappa shape index (κ1) is 16.4. The van der Waals surface area contributed by atoms with Crippen LogP contribution in [-0.4, -0.2) is 69.6 Å². The minimum atomic E-state index is -0.0900. The monoisotopic (exact) mass is 323 g/mol.